The second-order valence-electron chi connectivity index (χ2n) is 8.54. The smallest absolute Gasteiger partial charge is 0.385 e. The van der Waals surface area contributed by atoms with Gasteiger partial charge in [0, 0.05) is 4.57 Å². The number of benzene rings is 3. The fourth-order valence-electron chi connectivity index (χ4n) is 4.57. The Balaban J connectivity index is 0.000000840. The van der Waals surface area contributed by atoms with Crippen LogP contribution in [0.1, 0.15) is 61.7 Å². The molecule has 3 N–H and O–H groups in total. The van der Waals surface area contributed by atoms with E-state index in [4.69, 9.17) is 19.5 Å². The third-order valence-corrected chi connectivity index (χ3v) is 6.44. The average Bonchev–Trinajstić information content (AvgIpc) is 3.40. The SMILES string of the molecule is CCC(CC)CC(O)c1ncn(C(c2ccccc2)(c2ccccc2)c2ccccc2)n1.O=[P+](O)O. The fraction of sp³-hybridized carbons (Fsp3) is 0.286. The Labute approximate surface area is 213 Å². The van der Waals surface area contributed by atoms with E-state index in [0.29, 0.717) is 18.2 Å². The van der Waals surface area contributed by atoms with Crippen LogP contribution in [0, 0.1) is 5.92 Å². The van der Waals surface area contributed by atoms with Gasteiger partial charge in [0.05, 0.1) is 0 Å². The molecule has 0 aliphatic heterocycles. The van der Waals surface area contributed by atoms with Crippen molar-refractivity contribution in [2.75, 3.05) is 0 Å². The lowest BCUT2D eigenvalue weighted by atomic mass is 9.77. The van der Waals surface area contributed by atoms with E-state index in [1.807, 2.05) is 22.9 Å². The number of aromatic nitrogens is 3. The predicted octanol–water partition coefficient (Wildman–Crippen LogP) is 5.61. The second kappa shape index (κ2) is 13.2. The molecule has 0 saturated heterocycles. The van der Waals surface area contributed by atoms with Gasteiger partial charge in [-0.25, -0.2) is 9.67 Å². The molecule has 0 amide bonds. The number of rotatable bonds is 9. The lowest BCUT2D eigenvalue weighted by molar-refractivity contribution is 0.131. The summed E-state index contributed by atoms with van der Waals surface area (Å²) in [7, 11) is -2.87. The molecule has 0 aliphatic rings. The topological polar surface area (TPSA) is 108 Å². The van der Waals surface area contributed by atoms with Crippen molar-refractivity contribution in [3.8, 4) is 0 Å². The van der Waals surface area contributed by atoms with Gasteiger partial charge in [-0.05, 0) is 29.0 Å². The molecule has 1 heterocycles. The molecule has 3 aromatic carbocycles. The van der Waals surface area contributed by atoms with Crippen molar-refractivity contribution in [3.05, 3.63) is 120 Å². The van der Waals surface area contributed by atoms with Gasteiger partial charge in [0.2, 0.25) is 0 Å². The van der Waals surface area contributed by atoms with Crippen LogP contribution in [0.3, 0.4) is 0 Å². The lowest BCUT2D eigenvalue weighted by Gasteiger charge is -2.35. The lowest BCUT2D eigenvalue weighted by Crippen LogP contribution is -2.38. The van der Waals surface area contributed by atoms with Crippen molar-refractivity contribution in [1.82, 2.24) is 14.8 Å². The minimum atomic E-state index is -2.87. The summed E-state index contributed by atoms with van der Waals surface area (Å²) in [6.45, 7) is 4.33. The van der Waals surface area contributed by atoms with E-state index in [0.717, 1.165) is 29.5 Å². The first-order valence-electron chi connectivity index (χ1n) is 12.0. The predicted molar refractivity (Wildman–Crippen MR) is 140 cm³/mol. The zero-order valence-electron chi connectivity index (χ0n) is 20.6. The molecule has 188 valence electrons. The van der Waals surface area contributed by atoms with Gasteiger partial charge in [-0.1, -0.05) is 118 Å². The van der Waals surface area contributed by atoms with Crippen LogP contribution in [-0.2, 0) is 10.1 Å². The van der Waals surface area contributed by atoms with Gasteiger partial charge < -0.3 is 5.11 Å². The summed E-state index contributed by atoms with van der Waals surface area (Å²) in [4.78, 5) is 18.8. The van der Waals surface area contributed by atoms with Crippen molar-refractivity contribution in [2.24, 2.45) is 5.92 Å². The van der Waals surface area contributed by atoms with Crippen LogP contribution in [0.2, 0.25) is 0 Å². The third kappa shape index (κ3) is 6.31. The zero-order chi connectivity index (χ0) is 26.0. The van der Waals surface area contributed by atoms with Crippen molar-refractivity contribution in [2.45, 2.75) is 44.8 Å². The maximum absolute atomic E-state index is 10.9. The summed E-state index contributed by atoms with van der Waals surface area (Å²) in [5.74, 6) is 0.933. The molecule has 36 heavy (non-hydrogen) atoms. The normalized spacial score (nSPS) is 12.1. The molecule has 1 unspecified atom stereocenters. The van der Waals surface area contributed by atoms with E-state index in [1.165, 1.54) is 0 Å². The van der Waals surface area contributed by atoms with Crippen LogP contribution in [0.15, 0.2) is 97.3 Å². The number of nitrogens with zero attached hydrogens (tertiary/aromatic N) is 3. The average molecular weight is 507 g/mol. The molecular weight excluding hydrogens is 473 g/mol. The van der Waals surface area contributed by atoms with Crippen LogP contribution in [0.5, 0.6) is 0 Å². The minimum absolute atomic E-state index is 0.457. The monoisotopic (exact) mass is 506 g/mol. The van der Waals surface area contributed by atoms with Gasteiger partial charge in [0.1, 0.15) is 18.0 Å². The van der Waals surface area contributed by atoms with Crippen molar-refractivity contribution >= 4 is 8.25 Å². The Morgan fingerprint density at radius 1 is 0.806 bits per heavy atom. The van der Waals surface area contributed by atoms with Crippen LogP contribution in [-0.4, -0.2) is 29.7 Å². The van der Waals surface area contributed by atoms with Gasteiger partial charge in [-0.15, -0.1) is 9.79 Å². The first-order chi connectivity index (χ1) is 17.4. The summed E-state index contributed by atoms with van der Waals surface area (Å²) >= 11 is 0. The van der Waals surface area contributed by atoms with Crippen molar-refractivity contribution < 1.29 is 19.5 Å². The number of hydrogen-bond donors (Lipinski definition) is 3. The molecule has 0 fully saturated rings. The van der Waals surface area contributed by atoms with Gasteiger partial charge >= 0.3 is 8.25 Å². The number of hydrogen-bond acceptors (Lipinski definition) is 4. The second-order valence-corrected chi connectivity index (χ2v) is 9.05. The number of aliphatic hydroxyl groups excluding tert-OH is 1. The van der Waals surface area contributed by atoms with E-state index in [-0.39, 0.29) is 0 Å². The molecule has 7 nitrogen and oxygen atoms in total. The van der Waals surface area contributed by atoms with Crippen LogP contribution in [0.25, 0.3) is 0 Å². The molecular formula is C28H33N3O4P+. The molecule has 4 rings (SSSR count). The van der Waals surface area contributed by atoms with Gasteiger partial charge in [-0.2, -0.15) is 5.10 Å². The molecule has 0 radical (unpaired) electrons. The van der Waals surface area contributed by atoms with E-state index >= 15 is 0 Å². The zero-order valence-corrected chi connectivity index (χ0v) is 21.4. The molecule has 0 aliphatic carbocycles. The maximum Gasteiger partial charge on any atom is 0.692 e. The summed E-state index contributed by atoms with van der Waals surface area (Å²) in [5.41, 5.74) is 2.55. The highest BCUT2D eigenvalue weighted by atomic mass is 31.1. The Kier molecular flexibility index (Phi) is 10.0. The van der Waals surface area contributed by atoms with Gasteiger partial charge in [0.25, 0.3) is 0 Å². The molecule has 0 spiro atoms. The minimum Gasteiger partial charge on any atom is -0.385 e. The Bertz CT molecular complexity index is 1100. The van der Waals surface area contributed by atoms with E-state index in [2.05, 4.69) is 91.6 Å². The first-order valence-corrected chi connectivity index (χ1v) is 13.2. The maximum atomic E-state index is 10.9. The largest absolute Gasteiger partial charge is 0.692 e. The third-order valence-electron chi connectivity index (χ3n) is 6.44. The molecule has 8 heteroatoms. The highest BCUT2D eigenvalue weighted by Crippen LogP contribution is 2.40. The summed E-state index contributed by atoms with van der Waals surface area (Å²) < 4.78 is 10.6. The Morgan fingerprint density at radius 2 is 1.19 bits per heavy atom. The van der Waals surface area contributed by atoms with Crippen LogP contribution >= 0.6 is 8.25 Å². The van der Waals surface area contributed by atoms with Crippen LogP contribution in [0.4, 0.5) is 0 Å². The highest BCUT2D eigenvalue weighted by Gasteiger charge is 2.40. The first kappa shape index (κ1) is 27.4. The molecule has 0 bridgehead atoms. The summed E-state index contributed by atoms with van der Waals surface area (Å²) in [6, 6.07) is 31.1. The fourth-order valence-corrected chi connectivity index (χ4v) is 4.57. The van der Waals surface area contributed by atoms with E-state index < -0.39 is 19.9 Å². The quantitative estimate of drug-likeness (QED) is 0.201. The van der Waals surface area contributed by atoms with Crippen molar-refractivity contribution in [1.29, 1.82) is 0 Å². The molecule has 4 aromatic rings. The van der Waals surface area contributed by atoms with E-state index in [1.54, 1.807) is 6.33 Å². The van der Waals surface area contributed by atoms with Gasteiger partial charge in [-0.3, -0.25) is 0 Å². The highest BCUT2D eigenvalue weighted by molar-refractivity contribution is 7.30. The summed E-state index contributed by atoms with van der Waals surface area (Å²) in [6.07, 6.45) is 3.83. The Morgan fingerprint density at radius 3 is 1.56 bits per heavy atom. The molecule has 0 saturated carbocycles. The number of aliphatic hydroxyl groups is 1. The Hall–Kier alpha value is -3.22. The molecule has 1 aromatic heterocycles. The van der Waals surface area contributed by atoms with Crippen LogP contribution < -0.4 is 0 Å². The van der Waals surface area contributed by atoms with Gasteiger partial charge in [0.15, 0.2) is 5.82 Å². The molecule has 1 atom stereocenters. The van der Waals surface area contributed by atoms with Crippen molar-refractivity contribution in [3.63, 3.8) is 0 Å². The van der Waals surface area contributed by atoms with E-state index in [9.17, 15) is 5.11 Å². The summed E-state index contributed by atoms with van der Waals surface area (Å²) in [5, 5.41) is 15.8. The standard InChI is InChI=1S/C28H31N3O.HO3P/c1-3-22(4-2)20-26(32)27-29-21-31(30-27)28(23-14-8-5-9-15-23,24-16-10-6-11-17-24)25-18-12-7-13-19-25;1-4(2)3/h5-19,21-22,26,32H,3-4,20H2,1-2H3;(H-,1,2,3)/p+1.